The molecule has 0 spiro atoms. The third kappa shape index (κ3) is 16.1. The van der Waals surface area contributed by atoms with E-state index >= 15 is 0 Å². The van der Waals surface area contributed by atoms with Crippen molar-refractivity contribution in [2.75, 3.05) is 20.3 Å². The highest BCUT2D eigenvalue weighted by molar-refractivity contribution is 5.87. The zero-order valence-corrected chi connectivity index (χ0v) is 31.0. The second kappa shape index (κ2) is 23.8. The van der Waals surface area contributed by atoms with Gasteiger partial charge in [-0.3, -0.25) is 4.79 Å². The van der Waals surface area contributed by atoms with Crippen molar-refractivity contribution in [3.8, 4) is 11.5 Å². The molecule has 6 atom stereocenters. The standard InChI is InChI=1S/C40H54N2O12/c1-28(40(48)54-36-22-17-30(26-37(36)51-2)18-23-39(47)52-24-10-11-25-53-42(49)50)41-38(46)15-9-4-3-8-14-32-33(35(45)27-34(32)44)21-20-31(43)19-16-29-12-6-5-7-13-29/h3,5-8,12-13,17-18,22-23,26,28,31-35,43-45H,4,9-11,14-16,19-21,24-25,27H2,1-2H3,(H,41,46)/b8-3-,23-18+/t28?,31-,32+,33+,34-,35+/m0/s1. The minimum Gasteiger partial charge on any atom is -0.493 e. The molecule has 0 saturated heterocycles. The third-order valence-electron chi connectivity index (χ3n) is 9.33. The van der Waals surface area contributed by atoms with E-state index in [2.05, 4.69) is 10.2 Å². The molecule has 1 aliphatic rings. The van der Waals surface area contributed by atoms with Crippen molar-refractivity contribution >= 4 is 23.9 Å². The fourth-order valence-electron chi connectivity index (χ4n) is 6.33. The van der Waals surface area contributed by atoms with Crippen LogP contribution in [0.15, 0.2) is 66.8 Å². The lowest BCUT2D eigenvalue weighted by atomic mass is 9.85. The lowest BCUT2D eigenvalue weighted by molar-refractivity contribution is -0.757. The number of allylic oxidation sites excluding steroid dienone is 2. The summed E-state index contributed by atoms with van der Waals surface area (Å²) in [5, 5.41) is 43.6. The molecule has 2 aromatic carbocycles. The van der Waals surface area contributed by atoms with Gasteiger partial charge in [-0.1, -0.05) is 48.6 Å². The van der Waals surface area contributed by atoms with E-state index < -0.39 is 41.4 Å². The van der Waals surface area contributed by atoms with Crippen molar-refractivity contribution in [3.05, 3.63) is 88.0 Å². The minimum absolute atomic E-state index is 0.0749. The average Bonchev–Trinajstić information content (AvgIpc) is 3.42. The summed E-state index contributed by atoms with van der Waals surface area (Å²) >= 11 is 0. The molecule has 4 N–H and O–H groups in total. The Labute approximate surface area is 316 Å². The summed E-state index contributed by atoms with van der Waals surface area (Å²) in [6.07, 6.45) is 10.7. The molecular formula is C40H54N2O12. The van der Waals surface area contributed by atoms with Crippen molar-refractivity contribution < 1.29 is 53.8 Å². The maximum atomic E-state index is 12.7. The molecule has 54 heavy (non-hydrogen) atoms. The normalized spacial score (nSPS) is 19.4. The molecule has 296 valence electrons. The first-order valence-corrected chi connectivity index (χ1v) is 18.5. The monoisotopic (exact) mass is 754 g/mol. The summed E-state index contributed by atoms with van der Waals surface area (Å²) < 4.78 is 15.8. The number of esters is 2. The van der Waals surface area contributed by atoms with E-state index in [1.54, 1.807) is 12.1 Å². The first-order chi connectivity index (χ1) is 26.0. The topological polar surface area (TPSA) is 204 Å². The number of ether oxygens (including phenoxy) is 3. The molecule has 1 amide bonds. The predicted molar refractivity (Wildman–Crippen MR) is 200 cm³/mol. The first-order valence-electron chi connectivity index (χ1n) is 18.5. The van der Waals surface area contributed by atoms with Gasteiger partial charge >= 0.3 is 11.9 Å². The van der Waals surface area contributed by atoms with Gasteiger partial charge < -0.3 is 39.7 Å². The fourth-order valence-corrected chi connectivity index (χ4v) is 6.33. The second-order valence-electron chi connectivity index (χ2n) is 13.4. The maximum Gasteiger partial charge on any atom is 0.333 e. The van der Waals surface area contributed by atoms with Crippen LogP contribution in [0.3, 0.4) is 0 Å². The van der Waals surface area contributed by atoms with E-state index in [1.165, 1.54) is 37.8 Å². The fraction of sp³-hybridized carbons (Fsp3) is 0.525. The number of aliphatic hydroxyl groups is 3. The van der Waals surface area contributed by atoms with E-state index in [9.17, 15) is 39.8 Å². The molecule has 0 heterocycles. The molecule has 0 aromatic heterocycles. The zero-order valence-electron chi connectivity index (χ0n) is 31.0. The van der Waals surface area contributed by atoms with Crippen LogP contribution in [0, 0.1) is 22.0 Å². The number of hydrogen-bond acceptors (Lipinski definition) is 12. The Hall–Kier alpha value is -4.79. The Balaban J connectivity index is 1.34. The predicted octanol–water partition coefficient (Wildman–Crippen LogP) is 4.90. The summed E-state index contributed by atoms with van der Waals surface area (Å²) in [6, 6.07) is 13.8. The number of hydrogen-bond donors (Lipinski definition) is 4. The quantitative estimate of drug-likeness (QED) is 0.0215. The Bertz CT molecular complexity index is 1530. The number of carbonyl (C=O) groups is 3. The number of rotatable bonds is 24. The van der Waals surface area contributed by atoms with E-state index in [4.69, 9.17) is 14.2 Å². The van der Waals surface area contributed by atoms with Crippen molar-refractivity contribution in [2.45, 2.75) is 102 Å². The van der Waals surface area contributed by atoms with Gasteiger partial charge in [-0.15, -0.1) is 10.1 Å². The van der Waals surface area contributed by atoms with Crippen LogP contribution in [0.2, 0.25) is 0 Å². The third-order valence-corrected chi connectivity index (χ3v) is 9.33. The molecule has 0 aliphatic heterocycles. The van der Waals surface area contributed by atoms with Gasteiger partial charge in [-0.2, -0.15) is 0 Å². The van der Waals surface area contributed by atoms with Crippen LogP contribution < -0.4 is 14.8 Å². The van der Waals surface area contributed by atoms with E-state index in [0.717, 1.165) is 6.42 Å². The second-order valence-corrected chi connectivity index (χ2v) is 13.4. The van der Waals surface area contributed by atoms with Crippen LogP contribution in [0.1, 0.15) is 82.3 Å². The van der Waals surface area contributed by atoms with Crippen LogP contribution >= 0.6 is 0 Å². The van der Waals surface area contributed by atoms with Gasteiger partial charge in [0.1, 0.15) is 6.04 Å². The number of amides is 1. The highest BCUT2D eigenvalue weighted by atomic mass is 16.9. The van der Waals surface area contributed by atoms with Crippen molar-refractivity contribution in [1.29, 1.82) is 0 Å². The summed E-state index contributed by atoms with van der Waals surface area (Å²) in [4.78, 5) is 51.5. The van der Waals surface area contributed by atoms with Gasteiger partial charge in [0.15, 0.2) is 11.5 Å². The van der Waals surface area contributed by atoms with Gasteiger partial charge in [-0.05, 0) is 112 Å². The van der Waals surface area contributed by atoms with Crippen LogP contribution in [0.4, 0.5) is 0 Å². The van der Waals surface area contributed by atoms with Gasteiger partial charge in [0, 0.05) is 12.5 Å². The SMILES string of the molecule is COc1cc(/C=C/C(=O)OCCCCO[N+](=O)[O-])ccc1OC(=O)C(C)NC(=O)CCC/C=C\C[C@@H]1[C@@H](CC[C@@H](O)CCc2ccccc2)[C@H](O)C[C@@H]1O. The smallest absolute Gasteiger partial charge is 0.333 e. The summed E-state index contributed by atoms with van der Waals surface area (Å²) in [5.41, 5.74) is 1.75. The lowest BCUT2D eigenvalue weighted by Crippen LogP contribution is -2.40. The molecule has 14 heteroatoms. The van der Waals surface area contributed by atoms with Crippen molar-refractivity contribution in [1.82, 2.24) is 5.32 Å². The van der Waals surface area contributed by atoms with Crippen molar-refractivity contribution in [2.24, 2.45) is 11.8 Å². The van der Waals surface area contributed by atoms with E-state index in [0.29, 0.717) is 63.4 Å². The first kappa shape index (κ1) is 43.6. The van der Waals surface area contributed by atoms with Crippen molar-refractivity contribution in [3.63, 3.8) is 0 Å². The molecule has 3 rings (SSSR count). The molecule has 1 fully saturated rings. The number of methoxy groups -OCH3 is 1. The molecule has 1 aliphatic carbocycles. The lowest BCUT2D eigenvalue weighted by Gasteiger charge is -2.23. The molecule has 1 saturated carbocycles. The number of nitrogens with zero attached hydrogens (tertiary/aromatic N) is 1. The highest BCUT2D eigenvalue weighted by Gasteiger charge is 2.40. The number of nitrogens with one attached hydrogen (secondary N) is 1. The minimum atomic E-state index is -0.928. The Morgan fingerprint density at radius 2 is 1.72 bits per heavy atom. The maximum absolute atomic E-state index is 12.7. The number of unbranched alkanes of at least 4 members (excludes halogenated alkanes) is 2. The zero-order chi connectivity index (χ0) is 39.3. The van der Waals surface area contributed by atoms with E-state index in [1.807, 2.05) is 42.5 Å². The summed E-state index contributed by atoms with van der Waals surface area (Å²) in [7, 11) is 1.40. The Kier molecular flexibility index (Phi) is 19.2. The largest absolute Gasteiger partial charge is 0.493 e. The molecule has 0 bridgehead atoms. The summed E-state index contributed by atoms with van der Waals surface area (Å²) in [6.45, 7) is 1.52. The van der Waals surface area contributed by atoms with Gasteiger partial charge in [0.05, 0.1) is 38.6 Å². The molecule has 0 radical (unpaired) electrons. The number of aliphatic hydroxyl groups excluding tert-OH is 3. The molecule has 1 unspecified atom stereocenters. The molecule has 2 aromatic rings. The summed E-state index contributed by atoms with van der Waals surface area (Å²) in [5.74, 6) is -1.42. The Morgan fingerprint density at radius 1 is 0.981 bits per heavy atom. The van der Waals surface area contributed by atoms with Gasteiger partial charge in [0.25, 0.3) is 5.09 Å². The van der Waals surface area contributed by atoms with Gasteiger partial charge in [0.2, 0.25) is 5.91 Å². The molecular weight excluding hydrogens is 700 g/mol. The number of aryl methyl sites for hydroxylation is 1. The van der Waals surface area contributed by atoms with Gasteiger partial charge in [-0.25, -0.2) is 9.59 Å². The van der Waals surface area contributed by atoms with Crippen LogP contribution in [-0.4, -0.2) is 82.9 Å². The van der Waals surface area contributed by atoms with Crippen LogP contribution in [0.5, 0.6) is 11.5 Å². The van der Waals surface area contributed by atoms with Crippen LogP contribution in [0.25, 0.3) is 6.08 Å². The average molecular weight is 755 g/mol. The number of carbonyl (C=O) groups excluding carboxylic acids is 3. The number of benzene rings is 2. The Morgan fingerprint density at radius 3 is 2.46 bits per heavy atom. The molecule has 14 nitrogen and oxygen atoms in total. The highest BCUT2D eigenvalue weighted by Crippen LogP contribution is 2.38. The van der Waals surface area contributed by atoms with Crippen LogP contribution in [-0.2, 0) is 30.4 Å². The van der Waals surface area contributed by atoms with E-state index in [-0.39, 0.29) is 48.9 Å².